The van der Waals surface area contributed by atoms with E-state index in [2.05, 4.69) is 47.3 Å². The van der Waals surface area contributed by atoms with Gasteiger partial charge in [0.1, 0.15) is 0 Å². The van der Waals surface area contributed by atoms with Crippen molar-refractivity contribution in [3.05, 3.63) is 28.8 Å². The lowest BCUT2D eigenvalue weighted by molar-refractivity contribution is 0.337. The predicted molar refractivity (Wildman–Crippen MR) is 90.2 cm³/mol. The number of nitrogens with zero attached hydrogens (tertiary/aromatic N) is 2. The van der Waals surface area contributed by atoms with E-state index in [0.29, 0.717) is 6.04 Å². The maximum Gasteiger partial charge on any atom is 0.0471 e. The summed E-state index contributed by atoms with van der Waals surface area (Å²) < 4.78 is 0. The minimum Gasteiger partial charge on any atom is -0.367 e. The standard InChI is InChI=1S/C17H26ClN3/c1-13-12-20(2)8-3-9-21(13)16-7-4-14(17(18)10-16)11-19-15-5-6-15/h4,7,10,13,15,19H,3,5-6,8-9,11-12H2,1-2H3. The quantitative estimate of drug-likeness (QED) is 0.922. The summed E-state index contributed by atoms with van der Waals surface area (Å²) in [5, 5.41) is 4.43. The Morgan fingerprint density at radius 1 is 1.29 bits per heavy atom. The van der Waals surface area contributed by atoms with Gasteiger partial charge in [0.25, 0.3) is 0 Å². The molecule has 4 heteroatoms. The maximum atomic E-state index is 6.49. The minimum atomic E-state index is 0.531. The van der Waals surface area contributed by atoms with Crippen molar-refractivity contribution in [2.45, 2.75) is 44.8 Å². The van der Waals surface area contributed by atoms with Gasteiger partial charge in [-0.05, 0) is 57.5 Å². The highest BCUT2D eigenvalue weighted by Crippen LogP contribution is 2.27. The van der Waals surface area contributed by atoms with Crippen LogP contribution in [0.5, 0.6) is 0 Å². The third-order valence-electron chi connectivity index (χ3n) is 4.57. The second-order valence-electron chi connectivity index (χ2n) is 6.59. The van der Waals surface area contributed by atoms with E-state index in [4.69, 9.17) is 11.6 Å². The number of hydrogen-bond donors (Lipinski definition) is 1. The van der Waals surface area contributed by atoms with E-state index < -0.39 is 0 Å². The van der Waals surface area contributed by atoms with Gasteiger partial charge in [-0.2, -0.15) is 0 Å². The molecule has 21 heavy (non-hydrogen) atoms. The lowest BCUT2D eigenvalue weighted by atomic mass is 10.1. The third-order valence-corrected chi connectivity index (χ3v) is 4.93. The van der Waals surface area contributed by atoms with Crippen molar-refractivity contribution in [1.29, 1.82) is 0 Å². The predicted octanol–water partition coefficient (Wildman–Crippen LogP) is 3.12. The van der Waals surface area contributed by atoms with Crippen LogP contribution < -0.4 is 10.2 Å². The molecule has 0 bridgehead atoms. The van der Waals surface area contributed by atoms with Crippen LogP contribution in [0.2, 0.25) is 5.02 Å². The van der Waals surface area contributed by atoms with Gasteiger partial charge in [0.2, 0.25) is 0 Å². The molecule has 1 aliphatic carbocycles. The van der Waals surface area contributed by atoms with Crippen LogP contribution in [-0.2, 0) is 6.54 Å². The van der Waals surface area contributed by atoms with Gasteiger partial charge in [0, 0.05) is 42.4 Å². The van der Waals surface area contributed by atoms with Gasteiger partial charge >= 0.3 is 0 Å². The van der Waals surface area contributed by atoms with Crippen LogP contribution in [0.1, 0.15) is 31.7 Å². The molecule has 1 unspecified atom stereocenters. The van der Waals surface area contributed by atoms with Crippen molar-refractivity contribution >= 4 is 17.3 Å². The summed E-state index contributed by atoms with van der Waals surface area (Å²) in [7, 11) is 2.21. The first-order valence-corrected chi connectivity index (χ1v) is 8.48. The zero-order chi connectivity index (χ0) is 14.8. The van der Waals surface area contributed by atoms with Gasteiger partial charge in [-0.1, -0.05) is 17.7 Å². The van der Waals surface area contributed by atoms with Crippen LogP contribution in [0.4, 0.5) is 5.69 Å². The first-order valence-electron chi connectivity index (χ1n) is 8.10. The molecule has 1 saturated carbocycles. The van der Waals surface area contributed by atoms with Gasteiger partial charge in [0.15, 0.2) is 0 Å². The molecular formula is C17H26ClN3. The normalized spacial score (nSPS) is 24.1. The van der Waals surface area contributed by atoms with E-state index in [1.54, 1.807) is 0 Å². The average molecular weight is 308 g/mol. The highest BCUT2D eigenvalue weighted by Gasteiger charge is 2.22. The van der Waals surface area contributed by atoms with Crippen molar-refractivity contribution < 1.29 is 0 Å². The van der Waals surface area contributed by atoms with Crippen LogP contribution in [0.25, 0.3) is 0 Å². The first kappa shape index (κ1) is 15.1. The maximum absolute atomic E-state index is 6.49. The van der Waals surface area contributed by atoms with E-state index >= 15 is 0 Å². The molecule has 116 valence electrons. The van der Waals surface area contributed by atoms with Crippen molar-refractivity contribution in [1.82, 2.24) is 10.2 Å². The number of likely N-dealkylation sites (N-methyl/N-ethyl adjacent to an activating group) is 1. The average Bonchev–Trinajstić information content (AvgIpc) is 3.26. The topological polar surface area (TPSA) is 18.5 Å². The smallest absolute Gasteiger partial charge is 0.0471 e. The SMILES string of the molecule is CC1CN(C)CCCN1c1ccc(CNC2CC2)c(Cl)c1. The fraction of sp³-hybridized carbons (Fsp3) is 0.647. The highest BCUT2D eigenvalue weighted by atomic mass is 35.5. The largest absolute Gasteiger partial charge is 0.367 e. The summed E-state index contributed by atoms with van der Waals surface area (Å²) in [5.74, 6) is 0. The van der Waals surface area contributed by atoms with Gasteiger partial charge < -0.3 is 15.1 Å². The monoisotopic (exact) mass is 307 g/mol. The summed E-state index contributed by atoms with van der Waals surface area (Å²) in [6.07, 6.45) is 3.84. The Hall–Kier alpha value is -0.770. The molecule has 0 radical (unpaired) electrons. The fourth-order valence-corrected chi connectivity index (χ4v) is 3.40. The summed E-state index contributed by atoms with van der Waals surface area (Å²) in [5.41, 5.74) is 2.48. The van der Waals surface area contributed by atoms with Gasteiger partial charge in [0.05, 0.1) is 0 Å². The highest BCUT2D eigenvalue weighted by molar-refractivity contribution is 6.31. The molecule has 1 N–H and O–H groups in total. The Morgan fingerprint density at radius 3 is 2.81 bits per heavy atom. The van der Waals surface area contributed by atoms with Crippen molar-refractivity contribution in [2.24, 2.45) is 0 Å². The zero-order valence-electron chi connectivity index (χ0n) is 13.1. The lowest BCUT2D eigenvalue weighted by Crippen LogP contribution is -2.37. The van der Waals surface area contributed by atoms with Crippen LogP contribution in [0.15, 0.2) is 18.2 Å². The summed E-state index contributed by atoms with van der Waals surface area (Å²) in [4.78, 5) is 4.91. The number of benzene rings is 1. The van der Waals surface area contributed by atoms with Crippen LogP contribution in [-0.4, -0.2) is 43.7 Å². The Morgan fingerprint density at radius 2 is 2.10 bits per heavy atom. The molecule has 1 aromatic rings. The Bertz CT molecular complexity index is 487. The number of hydrogen-bond acceptors (Lipinski definition) is 3. The Labute approximate surface area is 133 Å². The molecule has 1 heterocycles. The van der Waals surface area contributed by atoms with Crippen LogP contribution in [0.3, 0.4) is 0 Å². The Kier molecular flexibility index (Phi) is 4.72. The van der Waals surface area contributed by atoms with E-state index in [1.807, 2.05) is 0 Å². The van der Waals surface area contributed by atoms with E-state index in [9.17, 15) is 0 Å². The van der Waals surface area contributed by atoms with Crippen molar-refractivity contribution in [2.75, 3.05) is 31.6 Å². The number of rotatable bonds is 4. The zero-order valence-corrected chi connectivity index (χ0v) is 13.9. The lowest BCUT2D eigenvalue weighted by Gasteiger charge is -2.30. The molecule has 0 amide bonds. The van der Waals surface area contributed by atoms with Crippen molar-refractivity contribution in [3.63, 3.8) is 0 Å². The van der Waals surface area contributed by atoms with Gasteiger partial charge in [-0.15, -0.1) is 0 Å². The third kappa shape index (κ3) is 3.91. The molecule has 1 atom stereocenters. The van der Waals surface area contributed by atoms with E-state index in [1.165, 1.54) is 37.1 Å². The molecule has 2 fully saturated rings. The molecule has 2 aliphatic rings. The molecule has 3 nitrogen and oxygen atoms in total. The second-order valence-corrected chi connectivity index (χ2v) is 7.00. The number of anilines is 1. The molecule has 1 aromatic carbocycles. The number of nitrogens with one attached hydrogen (secondary N) is 1. The fourth-order valence-electron chi connectivity index (χ4n) is 3.16. The molecule has 0 aromatic heterocycles. The first-order chi connectivity index (χ1) is 10.1. The van der Waals surface area contributed by atoms with Crippen LogP contribution >= 0.6 is 11.6 Å². The molecule has 3 rings (SSSR count). The molecule has 0 spiro atoms. The molecular weight excluding hydrogens is 282 g/mol. The van der Waals surface area contributed by atoms with Crippen LogP contribution in [0, 0.1) is 0 Å². The summed E-state index contributed by atoms with van der Waals surface area (Å²) >= 11 is 6.49. The minimum absolute atomic E-state index is 0.531. The number of halogens is 1. The molecule has 1 saturated heterocycles. The van der Waals surface area contributed by atoms with Crippen molar-refractivity contribution in [3.8, 4) is 0 Å². The molecule has 1 aliphatic heterocycles. The summed E-state index contributed by atoms with van der Waals surface area (Å²) in [6.45, 7) is 6.60. The van der Waals surface area contributed by atoms with E-state index in [0.717, 1.165) is 30.7 Å². The van der Waals surface area contributed by atoms with Gasteiger partial charge in [-0.25, -0.2) is 0 Å². The second kappa shape index (κ2) is 6.55. The summed E-state index contributed by atoms with van der Waals surface area (Å²) in [6, 6.07) is 7.82. The van der Waals surface area contributed by atoms with E-state index in [-0.39, 0.29) is 0 Å². The Balaban J connectivity index is 1.70. The van der Waals surface area contributed by atoms with Gasteiger partial charge in [-0.3, -0.25) is 0 Å².